The Balaban J connectivity index is 2.01. The minimum Gasteiger partial charge on any atom is -0.466 e. The van der Waals surface area contributed by atoms with Crippen LogP contribution in [0.5, 0.6) is 0 Å². The average Bonchev–Trinajstić information content (AvgIpc) is 2.45. The van der Waals surface area contributed by atoms with Crippen molar-refractivity contribution in [2.75, 3.05) is 11.9 Å². The van der Waals surface area contributed by atoms with Gasteiger partial charge in [-0.2, -0.15) is 0 Å². The predicted molar refractivity (Wildman–Crippen MR) is 82.4 cm³/mol. The highest BCUT2D eigenvalue weighted by molar-refractivity contribution is 6.35. The van der Waals surface area contributed by atoms with Crippen molar-refractivity contribution in [3.8, 4) is 0 Å². The number of carbonyl (C=O) groups excluding carboxylic acids is 1. The second-order valence-electron chi connectivity index (χ2n) is 5.21. The van der Waals surface area contributed by atoms with Crippen LogP contribution in [0.2, 0.25) is 10.0 Å². The lowest BCUT2D eigenvalue weighted by Gasteiger charge is -2.29. The van der Waals surface area contributed by atoms with E-state index in [2.05, 4.69) is 5.32 Å². The molecule has 0 aliphatic heterocycles. The zero-order valence-corrected chi connectivity index (χ0v) is 13.3. The molecule has 2 rings (SSSR count). The van der Waals surface area contributed by atoms with E-state index in [1.54, 1.807) is 6.92 Å². The SMILES string of the molecule is CCOC(=O)C1CCCC(Nc2cc(Cl)c(F)c(Cl)c2)C1. The summed E-state index contributed by atoms with van der Waals surface area (Å²) in [5.74, 6) is -0.835. The van der Waals surface area contributed by atoms with Crippen LogP contribution in [0.15, 0.2) is 12.1 Å². The molecular weight excluding hydrogens is 316 g/mol. The van der Waals surface area contributed by atoms with Crippen LogP contribution in [0.4, 0.5) is 10.1 Å². The summed E-state index contributed by atoms with van der Waals surface area (Å²) in [6.45, 7) is 2.20. The number of halogens is 3. The maximum absolute atomic E-state index is 13.4. The molecule has 0 bridgehead atoms. The van der Waals surface area contributed by atoms with E-state index in [-0.39, 0.29) is 28.0 Å². The van der Waals surface area contributed by atoms with Crippen molar-refractivity contribution in [2.24, 2.45) is 5.92 Å². The van der Waals surface area contributed by atoms with Crippen LogP contribution < -0.4 is 5.32 Å². The Bertz CT molecular complexity index is 501. The zero-order valence-electron chi connectivity index (χ0n) is 11.8. The lowest BCUT2D eigenvalue weighted by molar-refractivity contribution is -0.149. The van der Waals surface area contributed by atoms with Gasteiger partial charge in [0, 0.05) is 11.7 Å². The highest BCUT2D eigenvalue weighted by Gasteiger charge is 2.28. The molecule has 1 aliphatic rings. The Hall–Kier alpha value is -1.00. The first-order valence-corrected chi connectivity index (χ1v) is 7.84. The highest BCUT2D eigenvalue weighted by atomic mass is 35.5. The van der Waals surface area contributed by atoms with E-state index in [4.69, 9.17) is 27.9 Å². The Labute approximate surface area is 133 Å². The molecule has 1 aromatic carbocycles. The summed E-state index contributed by atoms with van der Waals surface area (Å²) in [5.41, 5.74) is 0.668. The van der Waals surface area contributed by atoms with Gasteiger partial charge in [-0.15, -0.1) is 0 Å². The molecule has 0 heterocycles. The number of nitrogens with one attached hydrogen (secondary N) is 1. The van der Waals surface area contributed by atoms with Gasteiger partial charge in [-0.3, -0.25) is 4.79 Å². The molecule has 1 aliphatic carbocycles. The van der Waals surface area contributed by atoms with Crippen molar-refractivity contribution < 1.29 is 13.9 Å². The van der Waals surface area contributed by atoms with Gasteiger partial charge in [-0.05, 0) is 38.3 Å². The first kappa shape index (κ1) is 16.4. The van der Waals surface area contributed by atoms with E-state index in [1.807, 2.05) is 0 Å². The van der Waals surface area contributed by atoms with Gasteiger partial charge in [0.05, 0.1) is 22.6 Å². The lowest BCUT2D eigenvalue weighted by atomic mass is 9.85. The molecule has 21 heavy (non-hydrogen) atoms. The van der Waals surface area contributed by atoms with E-state index in [9.17, 15) is 9.18 Å². The summed E-state index contributed by atoms with van der Waals surface area (Å²) in [5, 5.41) is 3.25. The molecule has 1 saturated carbocycles. The zero-order chi connectivity index (χ0) is 15.4. The number of anilines is 1. The first-order valence-electron chi connectivity index (χ1n) is 7.09. The Morgan fingerprint density at radius 2 is 2.05 bits per heavy atom. The molecule has 116 valence electrons. The monoisotopic (exact) mass is 333 g/mol. The quantitative estimate of drug-likeness (QED) is 0.642. The van der Waals surface area contributed by atoms with Crippen LogP contribution in [0.25, 0.3) is 0 Å². The average molecular weight is 334 g/mol. The summed E-state index contributed by atoms with van der Waals surface area (Å²) in [4.78, 5) is 11.8. The molecule has 3 nitrogen and oxygen atoms in total. The number of ether oxygens (including phenoxy) is 1. The summed E-state index contributed by atoms with van der Waals surface area (Å²) in [6.07, 6.45) is 3.44. The smallest absolute Gasteiger partial charge is 0.308 e. The fourth-order valence-corrected chi connectivity index (χ4v) is 3.16. The number of rotatable bonds is 4. The van der Waals surface area contributed by atoms with Crippen molar-refractivity contribution in [2.45, 2.75) is 38.6 Å². The third kappa shape index (κ3) is 4.24. The fourth-order valence-electron chi connectivity index (χ4n) is 2.67. The third-order valence-electron chi connectivity index (χ3n) is 3.65. The largest absolute Gasteiger partial charge is 0.466 e. The van der Waals surface area contributed by atoms with Crippen molar-refractivity contribution in [3.05, 3.63) is 28.0 Å². The summed E-state index contributed by atoms with van der Waals surface area (Å²) >= 11 is 11.6. The van der Waals surface area contributed by atoms with Crippen LogP contribution in [0.3, 0.4) is 0 Å². The van der Waals surface area contributed by atoms with Crippen molar-refractivity contribution in [1.29, 1.82) is 0 Å². The molecule has 1 fully saturated rings. The molecular formula is C15H18Cl2FNO2. The van der Waals surface area contributed by atoms with Crippen LogP contribution >= 0.6 is 23.2 Å². The van der Waals surface area contributed by atoms with E-state index in [0.717, 1.165) is 19.3 Å². The molecule has 0 spiro atoms. The van der Waals surface area contributed by atoms with Gasteiger partial charge in [0.2, 0.25) is 0 Å². The number of esters is 1. The molecule has 0 aromatic heterocycles. The number of benzene rings is 1. The van der Waals surface area contributed by atoms with Gasteiger partial charge in [-0.25, -0.2) is 4.39 Å². The summed E-state index contributed by atoms with van der Waals surface area (Å²) < 4.78 is 18.5. The normalized spacial score (nSPS) is 21.9. The molecule has 2 unspecified atom stereocenters. The second-order valence-corrected chi connectivity index (χ2v) is 6.03. The van der Waals surface area contributed by atoms with Crippen LogP contribution in [0, 0.1) is 11.7 Å². The molecule has 0 amide bonds. The molecule has 1 aromatic rings. The maximum atomic E-state index is 13.4. The van der Waals surface area contributed by atoms with E-state index in [1.165, 1.54) is 12.1 Å². The summed E-state index contributed by atoms with van der Waals surface area (Å²) in [7, 11) is 0. The van der Waals surface area contributed by atoms with Crippen molar-refractivity contribution in [3.63, 3.8) is 0 Å². The predicted octanol–water partition coefficient (Wildman–Crippen LogP) is 4.67. The van der Waals surface area contributed by atoms with Gasteiger partial charge in [0.15, 0.2) is 5.82 Å². The minimum absolute atomic E-state index is 0.0113. The number of carbonyl (C=O) groups is 1. The molecule has 0 radical (unpaired) electrons. The summed E-state index contributed by atoms with van der Waals surface area (Å²) in [6, 6.07) is 3.15. The molecule has 1 N–H and O–H groups in total. The molecule has 2 atom stereocenters. The maximum Gasteiger partial charge on any atom is 0.308 e. The second kappa shape index (κ2) is 7.32. The van der Waals surface area contributed by atoms with Crippen LogP contribution in [0.1, 0.15) is 32.6 Å². The topological polar surface area (TPSA) is 38.3 Å². The van der Waals surface area contributed by atoms with Crippen LogP contribution in [-0.2, 0) is 9.53 Å². The Morgan fingerprint density at radius 1 is 1.38 bits per heavy atom. The highest BCUT2D eigenvalue weighted by Crippen LogP contribution is 2.31. The van der Waals surface area contributed by atoms with Crippen LogP contribution in [-0.4, -0.2) is 18.6 Å². The van der Waals surface area contributed by atoms with Gasteiger partial charge in [-0.1, -0.05) is 29.6 Å². The van der Waals surface area contributed by atoms with Crippen molar-refractivity contribution in [1.82, 2.24) is 0 Å². The van der Waals surface area contributed by atoms with E-state index >= 15 is 0 Å². The van der Waals surface area contributed by atoms with E-state index < -0.39 is 5.82 Å². The van der Waals surface area contributed by atoms with Gasteiger partial charge in [0.25, 0.3) is 0 Å². The third-order valence-corrected chi connectivity index (χ3v) is 4.20. The lowest BCUT2D eigenvalue weighted by Crippen LogP contribution is -2.32. The standard InChI is InChI=1S/C15H18Cl2FNO2/c1-2-21-15(20)9-4-3-5-10(6-9)19-11-7-12(16)14(18)13(17)8-11/h7-10,19H,2-6H2,1H3. The first-order chi connectivity index (χ1) is 10.0. The van der Waals surface area contributed by atoms with E-state index in [0.29, 0.717) is 18.7 Å². The Morgan fingerprint density at radius 3 is 2.67 bits per heavy atom. The number of hydrogen-bond donors (Lipinski definition) is 1. The van der Waals surface area contributed by atoms with Crippen molar-refractivity contribution >= 4 is 34.9 Å². The van der Waals surface area contributed by atoms with Gasteiger partial charge >= 0.3 is 5.97 Å². The van der Waals surface area contributed by atoms with Gasteiger partial charge in [0.1, 0.15) is 0 Å². The fraction of sp³-hybridized carbons (Fsp3) is 0.533. The Kier molecular flexibility index (Phi) is 5.71. The number of hydrogen-bond acceptors (Lipinski definition) is 3. The molecule has 6 heteroatoms. The molecule has 0 saturated heterocycles. The van der Waals surface area contributed by atoms with Gasteiger partial charge < -0.3 is 10.1 Å². The minimum atomic E-state index is -0.614.